The zero-order chi connectivity index (χ0) is 14.8. The van der Waals surface area contributed by atoms with Gasteiger partial charge in [-0.05, 0) is 56.3 Å². The monoisotopic (exact) mass is 305 g/mol. The summed E-state index contributed by atoms with van der Waals surface area (Å²) in [5.74, 6) is 0.303. The van der Waals surface area contributed by atoms with Gasteiger partial charge in [-0.25, -0.2) is 9.37 Å². The van der Waals surface area contributed by atoms with Crippen LogP contribution in [0.1, 0.15) is 24.4 Å². The molecule has 0 spiro atoms. The van der Waals surface area contributed by atoms with Crippen LogP contribution in [0.4, 0.5) is 15.9 Å². The molecule has 1 aromatic heterocycles. The van der Waals surface area contributed by atoms with Crippen LogP contribution in [0.3, 0.4) is 0 Å². The van der Waals surface area contributed by atoms with Crippen molar-refractivity contribution < 1.29 is 4.39 Å². The van der Waals surface area contributed by atoms with Crippen molar-refractivity contribution >= 4 is 23.1 Å². The Bertz CT molecular complexity index is 630. The van der Waals surface area contributed by atoms with Crippen LogP contribution in [-0.2, 0) is 0 Å². The molecule has 1 aromatic carbocycles. The molecule has 2 heterocycles. The van der Waals surface area contributed by atoms with Crippen LogP contribution in [0.25, 0.3) is 0 Å². The zero-order valence-corrected chi connectivity index (χ0v) is 12.6. The molecule has 110 valence electrons. The number of likely N-dealkylation sites (tertiary alicyclic amines) is 1. The van der Waals surface area contributed by atoms with E-state index in [0.717, 1.165) is 18.1 Å². The second-order valence-corrected chi connectivity index (χ2v) is 5.78. The Morgan fingerprint density at radius 2 is 2.19 bits per heavy atom. The fraction of sp³-hybridized carbons (Fsp3) is 0.312. The summed E-state index contributed by atoms with van der Waals surface area (Å²) in [6, 6.07) is 9.03. The van der Waals surface area contributed by atoms with Crippen LogP contribution < -0.4 is 5.32 Å². The number of hydrogen-bond donors (Lipinski definition) is 1. The predicted molar refractivity (Wildman–Crippen MR) is 83.5 cm³/mol. The van der Waals surface area contributed by atoms with Crippen molar-refractivity contribution in [3.63, 3.8) is 0 Å². The van der Waals surface area contributed by atoms with Gasteiger partial charge in [-0.3, -0.25) is 4.90 Å². The molecular weight excluding hydrogens is 289 g/mol. The average Bonchev–Trinajstić information content (AvgIpc) is 2.90. The van der Waals surface area contributed by atoms with Gasteiger partial charge in [0.05, 0.1) is 5.02 Å². The van der Waals surface area contributed by atoms with Gasteiger partial charge in [0.25, 0.3) is 0 Å². The van der Waals surface area contributed by atoms with Gasteiger partial charge >= 0.3 is 0 Å². The van der Waals surface area contributed by atoms with Crippen LogP contribution in [0, 0.1) is 5.82 Å². The normalized spacial score (nSPS) is 18.9. The van der Waals surface area contributed by atoms with Crippen molar-refractivity contribution in [2.24, 2.45) is 0 Å². The molecule has 5 heteroatoms. The second kappa shape index (κ2) is 6.00. The minimum absolute atomic E-state index is 0.101. The van der Waals surface area contributed by atoms with E-state index in [1.807, 2.05) is 12.3 Å². The Labute approximate surface area is 128 Å². The van der Waals surface area contributed by atoms with Crippen molar-refractivity contribution in [3.8, 4) is 0 Å². The van der Waals surface area contributed by atoms with Gasteiger partial charge in [0.2, 0.25) is 0 Å². The van der Waals surface area contributed by atoms with Crippen molar-refractivity contribution in [2.75, 3.05) is 18.9 Å². The standard InChI is InChI=1S/C16H17ClFN3/c1-21-8-2-3-15(21)11-4-7-16(19-10-11)20-12-5-6-14(18)13(17)9-12/h4-7,9-10,15H,2-3,8H2,1H3,(H,19,20)/t15-/m0/s1. The number of aromatic nitrogens is 1. The molecule has 0 radical (unpaired) electrons. The topological polar surface area (TPSA) is 28.2 Å². The van der Waals surface area contributed by atoms with E-state index in [9.17, 15) is 4.39 Å². The first kappa shape index (κ1) is 14.3. The first-order valence-corrected chi connectivity index (χ1v) is 7.39. The molecule has 3 nitrogen and oxygen atoms in total. The Morgan fingerprint density at radius 3 is 2.81 bits per heavy atom. The molecule has 1 fully saturated rings. The van der Waals surface area contributed by atoms with Crippen molar-refractivity contribution in [1.82, 2.24) is 9.88 Å². The lowest BCUT2D eigenvalue weighted by atomic mass is 10.1. The maximum atomic E-state index is 13.1. The molecule has 1 atom stereocenters. The lowest BCUT2D eigenvalue weighted by Gasteiger charge is -2.19. The summed E-state index contributed by atoms with van der Waals surface area (Å²) in [6.07, 6.45) is 4.31. The minimum Gasteiger partial charge on any atom is -0.340 e. The highest BCUT2D eigenvalue weighted by Gasteiger charge is 2.22. The highest BCUT2D eigenvalue weighted by atomic mass is 35.5. The highest BCUT2D eigenvalue weighted by molar-refractivity contribution is 6.31. The third-order valence-electron chi connectivity index (χ3n) is 3.88. The van der Waals surface area contributed by atoms with Gasteiger partial charge in [-0.2, -0.15) is 0 Å². The number of anilines is 2. The number of rotatable bonds is 3. The average molecular weight is 306 g/mol. The van der Waals surface area contributed by atoms with Crippen LogP contribution in [-0.4, -0.2) is 23.5 Å². The van der Waals surface area contributed by atoms with Gasteiger partial charge in [0.1, 0.15) is 11.6 Å². The Balaban J connectivity index is 1.73. The van der Waals surface area contributed by atoms with E-state index in [4.69, 9.17) is 11.6 Å². The molecule has 1 aliphatic heterocycles. The fourth-order valence-corrected chi connectivity index (χ4v) is 2.91. The predicted octanol–water partition coefficient (Wildman–Crippen LogP) is 4.38. The molecule has 0 saturated carbocycles. The Hall–Kier alpha value is -1.65. The number of nitrogens with zero attached hydrogens (tertiary/aromatic N) is 2. The van der Waals surface area contributed by atoms with Crippen molar-refractivity contribution in [1.29, 1.82) is 0 Å². The molecule has 0 aliphatic carbocycles. The summed E-state index contributed by atoms with van der Waals surface area (Å²) in [5.41, 5.74) is 1.96. The van der Waals surface area contributed by atoms with Crippen LogP contribution in [0.5, 0.6) is 0 Å². The smallest absolute Gasteiger partial charge is 0.141 e. The molecule has 3 rings (SSSR count). The van der Waals surface area contributed by atoms with E-state index in [1.54, 1.807) is 12.1 Å². The third kappa shape index (κ3) is 3.17. The molecule has 2 aromatic rings. The van der Waals surface area contributed by atoms with Gasteiger partial charge in [-0.1, -0.05) is 17.7 Å². The number of halogens is 2. The molecule has 0 bridgehead atoms. The summed E-state index contributed by atoms with van der Waals surface area (Å²) in [7, 11) is 2.14. The quantitative estimate of drug-likeness (QED) is 0.912. The summed E-state index contributed by atoms with van der Waals surface area (Å²) >= 11 is 5.77. The fourth-order valence-electron chi connectivity index (χ4n) is 2.73. The number of benzene rings is 1. The number of pyridine rings is 1. The molecule has 0 amide bonds. The molecule has 21 heavy (non-hydrogen) atoms. The summed E-state index contributed by atoms with van der Waals surface area (Å²) in [5, 5.41) is 3.23. The summed E-state index contributed by atoms with van der Waals surface area (Å²) < 4.78 is 13.1. The minimum atomic E-state index is -0.421. The zero-order valence-electron chi connectivity index (χ0n) is 11.8. The Kier molecular flexibility index (Phi) is 4.08. The van der Waals surface area contributed by atoms with E-state index in [1.165, 1.54) is 24.5 Å². The molecular formula is C16H17ClFN3. The summed E-state index contributed by atoms with van der Waals surface area (Å²) in [4.78, 5) is 6.78. The lowest BCUT2D eigenvalue weighted by molar-refractivity contribution is 0.317. The Morgan fingerprint density at radius 1 is 1.33 bits per heavy atom. The molecule has 1 aliphatic rings. The van der Waals surface area contributed by atoms with E-state index in [0.29, 0.717) is 6.04 Å². The largest absolute Gasteiger partial charge is 0.340 e. The van der Waals surface area contributed by atoms with E-state index < -0.39 is 5.82 Å². The second-order valence-electron chi connectivity index (χ2n) is 5.37. The van der Waals surface area contributed by atoms with Gasteiger partial charge in [0, 0.05) is 17.9 Å². The maximum absolute atomic E-state index is 13.1. The lowest BCUT2D eigenvalue weighted by Crippen LogP contribution is -2.17. The first-order chi connectivity index (χ1) is 10.1. The van der Waals surface area contributed by atoms with Crippen LogP contribution in [0.2, 0.25) is 5.02 Å². The SMILES string of the molecule is CN1CCC[C@H]1c1ccc(Nc2ccc(F)c(Cl)c2)nc1. The maximum Gasteiger partial charge on any atom is 0.141 e. The number of nitrogens with one attached hydrogen (secondary N) is 1. The van der Waals surface area contributed by atoms with Gasteiger partial charge < -0.3 is 5.32 Å². The summed E-state index contributed by atoms with van der Waals surface area (Å²) in [6.45, 7) is 1.14. The van der Waals surface area contributed by atoms with Gasteiger partial charge in [0.15, 0.2) is 0 Å². The van der Waals surface area contributed by atoms with Crippen molar-refractivity contribution in [3.05, 3.63) is 52.9 Å². The molecule has 0 unspecified atom stereocenters. The van der Waals surface area contributed by atoms with Crippen LogP contribution >= 0.6 is 11.6 Å². The van der Waals surface area contributed by atoms with Crippen molar-refractivity contribution in [2.45, 2.75) is 18.9 Å². The van der Waals surface area contributed by atoms with Gasteiger partial charge in [-0.15, -0.1) is 0 Å². The first-order valence-electron chi connectivity index (χ1n) is 7.02. The number of hydrogen-bond acceptors (Lipinski definition) is 3. The highest BCUT2D eigenvalue weighted by Crippen LogP contribution is 2.30. The third-order valence-corrected chi connectivity index (χ3v) is 4.17. The molecule has 1 N–H and O–H groups in total. The van der Waals surface area contributed by atoms with Crippen LogP contribution in [0.15, 0.2) is 36.5 Å². The van der Waals surface area contributed by atoms with E-state index in [2.05, 4.69) is 28.3 Å². The van der Waals surface area contributed by atoms with E-state index in [-0.39, 0.29) is 5.02 Å². The van der Waals surface area contributed by atoms with E-state index >= 15 is 0 Å². The molecule has 1 saturated heterocycles.